The van der Waals surface area contributed by atoms with Gasteiger partial charge < -0.3 is 19.9 Å². The zero-order valence-electron chi connectivity index (χ0n) is 11.1. The highest BCUT2D eigenvalue weighted by molar-refractivity contribution is 5.63. The van der Waals surface area contributed by atoms with Gasteiger partial charge in [-0.1, -0.05) is 6.07 Å². The highest BCUT2D eigenvalue weighted by atomic mass is 16.5. The van der Waals surface area contributed by atoms with Crippen LogP contribution in [-0.4, -0.2) is 13.7 Å². The molecule has 4 nitrogen and oxygen atoms in total. The van der Waals surface area contributed by atoms with Crippen LogP contribution in [0.25, 0.3) is 0 Å². The molecule has 0 heterocycles. The Kier molecular flexibility index (Phi) is 4.13. The summed E-state index contributed by atoms with van der Waals surface area (Å²) in [7, 11) is 1.62. The molecule has 0 amide bonds. The molecule has 0 atom stereocenters. The Labute approximate surface area is 112 Å². The topological polar surface area (TPSA) is 53.7 Å². The summed E-state index contributed by atoms with van der Waals surface area (Å²) in [6.07, 6.45) is 0. The fourth-order valence-electron chi connectivity index (χ4n) is 1.66. The van der Waals surface area contributed by atoms with Crippen molar-refractivity contribution in [2.45, 2.75) is 6.92 Å². The number of nitrogen functional groups attached to an aromatic ring is 1. The average molecular weight is 259 g/mol. The molecule has 0 aliphatic rings. The second-order valence-electron chi connectivity index (χ2n) is 3.88. The van der Waals surface area contributed by atoms with Crippen molar-refractivity contribution in [2.75, 3.05) is 19.5 Å². The molecule has 2 N–H and O–H groups in total. The number of hydrogen-bond acceptors (Lipinski definition) is 4. The van der Waals surface area contributed by atoms with Gasteiger partial charge in [-0.15, -0.1) is 0 Å². The van der Waals surface area contributed by atoms with E-state index >= 15 is 0 Å². The molecule has 0 aromatic heterocycles. The van der Waals surface area contributed by atoms with Crippen molar-refractivity contribution in [2.24, 2.45) is 0 Å². The lowest BCUT2D eigenvalue weighted by Crippen LogP contribution is -1.98. The van der Waals surface area contributed by atoms with Gasteiger partial charge in [-0.05, 0) is 43.3 Å². The standard InChI is InChI=1S/C15H17NO3/c1-3-18-13-5-4-6-14(15(13)16)19-12-9-7-11(17-2)8-10-12/h4-10H,3,16H2,1-2H3. The maximum Gasteiger partial charge on any atom is 0.154 e. The van der Waals surface area contributed by atoms with Gasteiger partial charge >= 0.3 is 0 Å². The second kappa shape index (κ2) is 6.00. The number of anilines is 1. The Balaban J connectivity index is 2.20. The molecule has 0 bridgehead atoms. The first-order valence-electron chi connectivity index (χ1n) is 6.07. The number of benzene rings is 2. The van der Waals surface area contributed by atoms with Gasteiger partial charge in [0.1, 0.15) is 22.9 Å². The van der Waals surface area contributed by atoms with Crippen molar-refractivity contribution < 1.29 is 14.2 Å². The maximum atomic E-state index is 6.00. The molecule has 0 unspecified atom stereocenters. The van der Waals surface area contributed by atoms with E-state index in [-0.39, 0.29) is 0 Å². The predicted octanol–water partition coefficient (Wildman–Crippen LogP) is 3.47. The molecule has 0 aliphatic carbocycles. The van der Waals surface area contributed by atoms with E-state index in [1.165, 1.54) is 0 Å². The molecular weight excluding hydrogens is 242 g/mol. The second-order valence-corrected chi connectivity index (χ2v) is 3.88. The van der Waals surface area contributed by atoms with Gasteiger partial charge in [0.25, 0.3) is 0 Å². The SMILES string of the molecule is CCOc1cccc(Oc2ccc(OC)cc2)c1N. The maximum absolute atomic E-state index is 6.00. The van der Waals surface area contributed by atoms with Gasteiger partial charge in [-0.3, -0.25) is 0 Å². The Morgan fingerprint density at radius 2 is 1.58 bits per heavy atom. The van der Waals surface area contributed by atoms with Crippen LogP contribution in [-0.2, 0) is 0 Å². The van der Waals surface area contributed by atoms with E-state index in [2.05, 4.69) is 0 Å². The lowest BCUT2D eigenvalue weighted by atomic mass is 10.2. The summed E-state index contributed by atoms with van der Waals surface area (Å²) in [6, 6.07) is 12.8. The molecule has 0 spiro atoms. The zero-order valence-corrected chi connectivity index (χ0v) is 11.1. The summed E-state index contributed by atoms with van der Waals surface area (Å²) in [6.45, 7) is 2.48. The fraction of sp³-hybridized carbons (Fsp3) is 0.200. The first-order valence-corrected chi connectivity index (χ1v) is 6.07. The summed E-state index contributed by atoms with van der Waals surface area (Å²) >= 11 is 0. The zero-order chi connectivity index (χ0) is 13.7. The van der Waals surface area contributed by atoms with Crippen LogP contribution in [0.15, 0.2) is 42.5 Å². The monoisotopic (exact) mass is 259 g/mol. The summed E-state index contributed by atoms with van der Waals surface area (Å²) in [5.41, 5.74) is 6.50. The molecule has 0 aliphatic heterocycles. The van der Waals surface area contributed by atoms with Crippen LogP contribution >= 0.6 is 0 Å². The van der Waals surface area contributed by atoms with Gasteiger partial charge in [0.15, 0.2) is 5.75 Å². The number of ether oxygens (including phenoxy) is 3. The Hall–Kier alpha value is -2.36. The lowest BCUT2D eigenvalue weighted by molar-refractivity contribution is 0.340. The number of rotatable bonds is 5. The third-order valence-corrected chi connectivity index (χ3v) is 2.61. The van der Waals surface area contributed by atoms with Crippen LogP contribution in [0, 0.1) is 0 Å². The lowest BCUT2D eigenvalue weighted by Gasteiger charge is -2.12. The number of para-hydroxylation sites is 1. The normalized spacial score (nSPS) is 10.0. The molecule has 0 saturated carbocycles. The first-order chi connectivity index (χ1) is 9.24. The molecule has 2 rings (SSSR count). The van der Waals surface area contributed by atoms with Crippen LogP contribution < -0.4 is 19.9 Å². The summed E-state index contributed by atoms with van der Waals surface area (Å²) in [5, 5.41) is 0. The first kappa shape index (κ1) is 13.1. The van der Waals surface area contributed by atoms with Crippen LogP contribution in [0.2, 0.25) is 0 Å². The molecule has 0 fully saturated rings. The molecule has 2 aromatic carbocycles. The minimum Gasteiger partial charge on any atom is -0.497 e. The van der Waals surface area contributed by atoms with Crippen LogP contribution in [0.5, 0.6) is 23.0 Å². The minimum atomic E-state index is 0.500. The van der Waals surface area contributed by atoms with E-state index in [1.54, 1.807) is 7.11 Å². The van der Waals surface area contributed by atoms with E-state index in [0.29, 0.717) is 29.5 Å². The van der Waals surface area contributed by atoms with Crippen LogP contribution in [0.3, 0.4) is 0 Å². The third kappa shape index (κ3) is 3.10. The minimum absolute atomic E-state index is 0.500. The molecule has 19 heavy (non-hydrogen) atoms. The predicted molar refractivity (Wildman–Crippen MR) is 75.1 cm³/mol. The number of hydrogen-bond donors (Lipinski definition) is 1. The smallest absolute Gasteiger partial charge is 0.154 e. The van der Waals surface area contributed by atoms with E-state index in [0.717, 1.165) is 5.75 Å². The molecular formula is C15H17NO3. The van der Waals surface area contributed by atoms with Gasteiger partial charge in [0.05, 0.1) is 13.7 Å². The van der Waals surface area contributed by atoms with E-state index in [1.807, 2.05) is 49.4 Å². The molecule has 100 valence electrons. The molecule has 4 heteroatoms. The highest BCUT2D eigenvalue weighted by Gasteiger charge is 2.07. The quantitative estimate of drug-likeness (QED) is 0.835. The van der Waals surface area contributed by atoms with Gasteiger partial charge in [0, 0.05) is 0 Å². The van der Waals surface area contributed by atoms with Crippen LogP contribution in [0.4, 0.5) is 5.69 Å². The molecule has 0 radical (unpaired) electrons. The van der Waals surface area contributed by atoms with E-state index < -0.39 is 0 Å². The van der Waals surface area contributed by atoms with Gasteiger partial charge in [-0.2, -0.15) is 0 Å². The van der Waals surface area contributed by atoms with Crippen molar-refractivity contribution in [1.29, 1.82) is 0 Å². The van der Waals surface area contributed by atoms with Gasteiger partial charge in [-0.25, -0.2) is 0 Å². The van der Waals surface area contributed by atoms with Crippen LogP contribution in [0.1, 0.15) is 6.92 Å². The Morgan fingerprint density at radius 3 is 2.21 bits per heavy atom. The largest absolute Gasteiger partial charge is 0.497 e. The highest BCUT2D eigenvalue weighted by Crippen LogP contribution is 2.34. The van der Waals surface area contributed by atoms with Crippen molar-refractivity contribution in [3.63, 3.8) is 0 Å². The van der Waals surface area contributed by atoms with Crippen molar-refractivity contribution in [1.82, 2.24) is 0 Å². The van der Waals surface area contributed by atoms with Gasteiger partial charge in [0.2, 0.25) is 0 Å². The third-order valence-electron chi connectivity index (χ3n) is 2.61. The number of methoxy groups -OCH3 is 1. The fourth-order valence-corrected chi connectivity index (χ4v) is 1.66. The van der Waals surface area contributed by atoms with E-state index in [9.17, 15) is 0 Å². The summed E-state index contributed by atoms with van der Waals surface area (Å²) in [4.78, 5) is 0. The van der Waals surface area contributed by atoms with Crippen molar-refractivity contribution in [3.05, 3.63) is 42.5 Å². The Morgan fingerprint density at radius 1 is 0.947 bits per heavy atom. The average Bonchev–Trinajstić information content (AvgIpc) is 2.44. The van der Waals surface area contributed by atoms with Crippen molar-refractivity contribution >= 4 is 5.69 Å². The van der Waals surface area contributed by atoms with Crippen molar-refractivity contribution in [3.8, 4) is 23.0 Å². The summed E-state index contributed by atoms with van der Waals surface area (Å²) in [5.74, 6) is 2.69. The molecule has 0 saturated heterocycles. The number of nitrogens with two attached hydrogens (primary N) is 1. The van der Waals surface area contributed by atoms with E-state index in [4.69, 9.17) is 19.9 Å². The Bertz CT molecular complexity index is 538. The molecule has 2 aromatic rings. The summed E-state index contributed by atoms with van der Waals surface area (Å²) < 4.78 is 16.3.